The molecular formula is C11H11O. The van der Waals surface area contributed by atoms with E-state index in [1.54, 1.807) is 6.26 Å². The van der Waals surface area contributed by atoms with E-state index in [4.69, 9.17) is 4.42 Å². The Labute approximate surface area is 72.0 Å². The monoisotopic (exact) mass is 159 g/mol. The zero-order valence-corrected chi connectivity index (χ0v) is 7.29. The van der Waals surface area contributed by atoms with Gasteiger partial charge in [0.2, 0.25) is 0 Å². The van der Waals surface area contributed by atoms with E-state index in [0.29, 0.717) is 5.92 Å². The van der Waals surface area contributed by atoms with Gasteiger partial charge in [-0.2, -0.15) is 0 Å². The van der Waals surface area contributed by atoms with Crippen LogP contribution in [0.25, 0.3) is 10.8 Å². The number of rotatable bonds is 1. The zero-order valence-electron chi connectivity index (χ0n) is 7.29. The fourth-order valence-electron chi connectivity index (χ4n) is 1.29. The Morgan fingerprint density at radius 2 is 2.17 bits per heavy atom. The molecule has 2 rings (SSSR count). The summed E-state index contributed by atoms with van der Waals surface area (Å²) >= 11 is 0. The SMILES string of the molecule is CC(C)c1ccc2[c]occ2c1. The van der Waals surface area contributed by atoms with Crippen molar-refractivity contribution in [2.45, 2.75) is 19.8 Å². The molecule has 0 spiro atoms. The summed E-state index contributed by atoms with van der Waals surface area (Å²) in [7, 11) is 0. The molecule has 1 heteroatoms. The third-order valence-electron chi connectivity index (χ3n) is 2.10. The lowest BCUT2D eigenvalue weighted by Gasteiger charge is -2.03. The molecule has 1 aromatic heterocycles. The lowest BCUT2D eigenvalue weighted by Crippen LogP contribution is -1.84. The minimum Gasteiger partial charge on any atom is -0.460 e. The van der Waals surface area contributed by atoms with Crippen LogP contribution in [-0.2, 0) is 0 Å². The van der Waals surface area contributed by atoms with Gasteiger partial charge >= 0.3 is 0 Å². The van der Waals surface area contributed by atoms with Crippen LogP contribution in [0, 0.1) is 6.26 Å². The van der Waals surface area contributed by atoms with Gasteiger partial charge in [-0.1, -0.05) is 26.0 Å². The van der Waals surface area contributed by atoms with Crippen molar-refractivity contribution in [3.8, 4) is 0 Å². The number of hydrogen-bond acceptors (Lipinski definition) is 1. The highest BCUT2D eigenvalue weighted by molar-refractivity contribution is 5.81. The van der Waals surface area contributed by atoms with E-state index in [9.17, 15) is 0 Å². The van der Waals surface area contributed by atoms with Crippen LogP contribution in [0.2, 0.25) is 0 Å². The predicted octanol–water partition coefficient (Wildman–Crippen LogP) is 3.36. The summed E-state index contributed by atoms with van der Waals surface area (Å²) in [6.07, 6.45) is 4.55. The Morgan fingerprint density at radius 1 is 1.33 bits per heavy atom. The van der Waals surface area contributed by atoms with E-state index >= 15 is 0 Å². The zero-order chi connectivity index (χ0) is 8.55. The van der Waals surface area contributed by atoms with Crippen molar-refractivity contribution < 1.29 is 4.42 Å². The van der Waals surface area contributed by atoms with Gasteiger partial charge in [0, 0.05) is 10.8 Å². The Bertz CT molecular complexity index is 385. The maximum Gasteiger partial charge on any atom is 0.177 e. The summed E-state index contributed by atoms with van der Waals surface area (Å²) in [5, 5.41) is 2.20. The molecule has 0 bridgehead atoms. The predicted molar refractivity (Wildman–Crippen MR) is 49.1 cm³/mol. The molecule has 2 aromatic rings. The molecule has 0 atom stereocenters. The third kappa shape index (κ3) is 1.11. The summed E-state index contributed by atoms with van der Waals surface area (Å²) in [4.78, 5) is 0. The second-order valence-electron chi connectivity index (χ2n) is 3.34. The molecule has 0 saturated carbocycles. The first-order valence-electron chi connectivity index (χ1n) is 4.16. The largest absolute Gasteiger partial charge is 0.460 e. The first-order valence-corrected chi connectivity index (χ1v) is 4.16. The smallest absolute Gasteiger partial charge is 0.177 e. The number of hydrogen-bond donors (Lipinski definition) is 0. The van der Waals surface area contributed by atoms with E-state index in [-0.39, 0.29) is 0 Å². The van der Waals surface area contributed by atoms with Crippen molar-refractivity contribution in [3.05, 3.63) is 36.3 Å². The van der Waals surface area contributed by atoms with Gasteiger partial charge in [0.15, 0.2) is 6.26 Å². The fourth-order valence-corrected chi connectivity index (χ4v) is 1.29. The second-order valence-corrected chi connectivity index (χ2v) is 3.34. The van der Waals surface area contributed by atoms with Crippen molar-refractivity contribution in [3.63, 3.8) is 0 Å². The number of benzene rings is 1. The van der Waals surface area contributed by atoms with Crippen LogP contribution in [0.3, 0.4) is 0 Å². The highest BCUT2D eigenvalue weighted by Crippen LogP contribution is 2.21. The standard InChI is InChI=1S/C11H11O/c1-8(2)9-3-4-10-6-12-7-11(10)5-9/h3-5,7-8H,1-2H3. The Hall–Kier alpha value is -1.24. The Balaban J connectivity index is 2.60. The van der Waals surface area contributed by atoms with E-state index < -0.39 is 0 Å². The van der Waals surface area contributed by atoms with E-state index in [1.165, 1.54) is 5.56 Å². The molecule has 0 unspecified atom stereocenters. The van der Waals surface area contributed by atoms with E-state index in [2.05, 4.69) is 32.2 Å². The van der Waals surface area contributed by atoms with Gasteiger partial charge < -0.3 is 4.42 Å². The van der Waals surface area contributed by atoms with Gasteiger partial charge in [0.1, 0.15) is 0 Å². The van der Waals surface area contributed by atoms with Crippen molar-refractivity contribution >= 4 is 10.8 Å². The van der Waals surface area contributed by atoms with Crippen LogP contribution >= 0.6 is 0 Å². The molecule has 0 fully saturated rings. The van der Waals surface area contributed by atoms with Crippen molar-refractivity contribution in [2.75, 3.05) is 0 Å². The van der Waals surface area contributed by atoms with Gasteiger partial charge in [0.25, 0.3) is 0 Å². The second kappa shape index (κ2) is 2.67. The quantitative estimate of drug-likeness (QED) is 0.621. The number of furan rings is 1. The highest BCUT2D eigenvalue weighted by Gasteiger charge is 2.01. The molecule has 0 aliphatic carbocycles. The lowest BCUT2D eigenvalue weighted by atomic mass is 10.0. The molecular weight excluding hydrogens is 148 g/mol. The fraction of sp³-hybridized carbons (Fsp3) is 0.273. The maximum absolute atomic E-state index is 4.97. The molecule has 12 heavy (non-hydrogen) atoms. The Kier molecular flexibility index (Phi) is 1.65. The summed E-state index contributed by atoms with van der Waals surface area (Å²) in [6.45, 7) is 4.37. The average molecular weight is 159 g/mol. The van der Waals surface area contributed by atoms with Gasteiger partial charge in [-0.05, 0) is 17.5 Å². The molecule has 0 aliphatic heterocycles. The molecule has 61 valence electrons. The molecule has 0 saturated heterocycles. The normalized spacial score (nSPS) is 11.2. The molecule has 0 amide bonds. The lowest BCUT2D eigenvalue weighted by molar-refractivity contribution is 0.563. The van der Waals surface area contributed by atoms with Crippen LogP contribution in [0.4, 0.5) is 0 Å². The van der Waals surface area contributed by atoms with Crippen LogP contribution in [0.15, 0.2) is 28.9 Å². The summed E-state index contributed by atoms with van der Waals surface area (Å²) in [5.74, 6) is 0.573. The summed E-state index contributed by atoms with van der Waals surface area (Å²) in [6, 6.07) is 6.33. The minimum absolute atomic E-state index is 0.573. The van der Waals surface area contributed by atoms with Crippen LogP contribution in [-0.4, -0.2) is 0 Å². The maximum atomic E-state index is 4.97. The first kappa shape index (κ1) is 7.41. The summed E-state index contributed by atoms with van der Waals surface area (Å²) < 4.78 is 4.97. The van der Waals surface area contributed by atoms with Crippen molar-refractivity contribution in [1.82, 2.24) is 0 Å². The Morgan fingerprint density at radius 3 is 2.92 bits per heavy atom. The molecule has 1 nitrogen and oxygen atoms in total. The summed E-state index contributed by atoms with van der Waals surface area (Å²) in [5.41, 5.74) is 1.34. The number of fused-ring (bicyclic) bond motifs is 1. The third-order valence-corrected chi connectivity index (χ3v) is 2.10. The van der Waals surface area contributed by atoms with Crippen LogP contribution in [0.1, 0.15) is 25.3 Å². The minimum atomic E-state index is 0.573. The van der Waals surface area contributed by atoms with Crippen LogP contribution in [0.5, 0.6) is 0 Å². The molecule has 1 heterocycles. The molecule has 1 aromatic carbocycles. The molecule has 1 radical (unpaired) electrons. The van der Waals surface area contributed by atoms with E-state index in [1.807, 2.05) is 6.07 Å². The molecule has 0 aliphatic rings. The van der Waals surface area contributed by atoms with Crippen molar-refractivity contribution in [1.29, 1.82) is 0 Å². The van der Waals surface area contributed by atoms with Crippen LogP contribution < -0.4 is 0 Å². The van der Waals surface area contributed by atoms with Gasteiger partial charge in [0.05, 0.1) is 6.26 Å². The van der Waals surface area contributed by atoms with Gasteiger partial charge in [-0.3, -0.25) is 0 Å². The highest BCUT2D eigenvalue weighted by atomic mass is 16.3. The van der Waals surface area contributed by atoms with E-state index in [0.717, 1.165) is 10.8 Å². The van der Waals surface area contributed by atoms with Gasteiger partial charge in [-0.25, -0.2) is 0 Å². The first-order chi connectivity index (χ1) is 5.77. The molecule has 0 N–H and O–H groups in total. The van der Waals surface area contributed by atoms with Crippen molar-refractivity contribution in [2.24, 2.45) is 0 Å². The van der Waals surface area contributed by atoms with Gasteiger partial charge in [-0.15, -0.1) is 0 Å². The topological polar surface area (TPSA) is 13.1 Å². The average Bonchev–Trinajstić information content (AvgIpc) is 2.49.